The molecule has 0 fully saturated rings. The molecule has 0 aliphatic rings. The number of nitrogens with one attached hydrogen (secondary N) is 1. The van der Waals surface area contributed by atoms with Crippen molar-refractivity contribution >= 4 is 55.7 Å². The van der Waals surface area contributed by atoms with Crippen LogP contribution in [0.5, 0.6) is 0 Å². The molecule has 76 valence electrons. The van der Waals surface area contributed by atoms with E-state index >= 15 is 0 Å². The zero-order valence-electron chi connectivity index (χ0n) is 7.05. The van der Waals surface area contributed by atoms with Gasteiger partial charge in [-0.1, -0.05) is 15.9 Å². The van der Waals surface area contributed by atoms with Crippen LogP contribution >= 0.6 is 49.9 Å². The molecule has 6 heteroatoms. The van der Waals surface area contributed by atoms with Crippen molar-refractivity contribution in [2.45, 2.75) is 6.42 Å². The minimum Gasteiger partial charge on any atom is -0.388 e. The SMILES string of the molecule is Br.Br.CN(CCBr)CCC(=N)N. The number of halogens is 3. The van der Waals surface area contributed by atoms with Crippen molar-refractivity contribution in [3.8, 4) is 0 Å². The summed E-state index contributed by atoms with van der Waals surface area (Å²) in [5.41, 5.74) is 5.18. The van der Waals surface area contributed by atoms with Crippen LogP contribution in [0.3, 0.4) is 0 Å². The summed E-state index contributed by atoms with van der Waals surface area (Å²) in [6.45, 7) is 1.88. The van der Waals surface area contributed by atoms with Gasteiger partial charge in [0.2, 0.25) is 0 Å². The summed E-state index contributed by atoms with van der Waals surface area (Å²) < 4.78 is 0. The van der Waals surface area contributed by atoms with E-state index in [9.17, 15) is 0 Å². The van der Waals surface area contributed by atoms with E-state index in [-0.39, 0.29) is 39.8 Å². The third-order valence-corrected chi connectivity index (χ3v) is 1.58. The highest BCUT2D eigenvalue weighted by Gasteiger charge is 1.96. The zero-order chi connectivity index (χ0) is 7.98. The third kappa shape index (κ3) is 13.5. The van der Waals surface area contributed by atoms with Gasteiger partial charge in [0.05, 0.1) is 5.84 Å². The Morgan fingerprint density at radius 2 is 1.92 bits per heavy atom. The number of hydrogen-bond donors (Lipinski definition) is 2. The highest BCUT2D eigenvalue weighted by atomic mass is 79.9. The third-order valence-electron chi connectivity index (χ3n) is 1.23. The fourth-order valence-electron chi connectivity index (χ4n) is 0.567. The normalized spacial score (nSPS) is 8.58. The van der Waals surface area contributed by atoms with Gasteiger partial charge in [-0.15, -0.1) is 34.0 Å². The molecule has 0 amide bonds. The van der Waals surface area contributed by atoms with Crippen molar-refractivity contribution in [3.63, 3.8) is 0 Å². The van der Waals surface area contributed by atoms with Gasteiger partial charge in [-0.05, 0) is 7.05 Å². The van der Waals surface area contributed by atoms with Crippen molar-refractivity contribution in [1.29, 1.82) is 5.41 Å². The van der Waals surface area contributed by atoms with E-state index in [2.05, 4.69) is 20.8 Å². The standard InChI is InChI=1S/C6H14BrN3.2BrH/c1-10(5-3-7)4-2-6(8)9;;/h2-5H2,1H3,(H3,8,9);2*1H. The Bertz CT molecular complexity index is 110. The summed E-state index contributed by atoms with van der Waals surface area (Å²) >= 11 is 3.33. The Labute approximate surface area is 103 Å². The molecule has 0 saturated carbocycles. The fraction of sp³-hybridized carbons (Fsp3) is 0.833. The van der Waals surface area contributed by atoms with E-state index in [0.29, 0.717) is 6.42 Å². The second kappa shape index (κ2) is 11.9. The number of nitrogens with two attached hydrogens (primary N) is 1. The maximum absolute atomic E-state index is 6.96. The Kier molecular flexibility index (Phi) is 18.4. The molecule has 0 aromatic carbocycles. The lowest BCUT2D eigenvalue weighted by molar-refractivity contribution is 0.367. The second-order valence-electron chi connectivity index (χ2n) is 2.27. The van der Waals surface area contributed by atoms with Gasteiger partial charge in [-0.25, -0.2) is 0 Å². The summed E-state index contributed by atoms with van der Waals surface area (Å²) in [6.07, 6.45) is 0.670. The van der Waals surface area contributed by atoms with Crippen LogP contribution in [0.4, 0.5) is 0 Å². The molecule has 0 saturated heterocycles. The molecular formula is C6H16Br3N3. The first-order valence-corrected chi connectivity index (χ1v) is 4.36. The predicted molar refractivity (Wildman–Crippen MR) is 68.5 cm³/mol. The minimum absolute atomic E-state index is 0. The maximum Gasteiger partial charge on any atom is 0.0918 e. The van der Waals surface area contributed by atoms with Crippen LogP contribution in [0.2, 0.25) is 0 Å². The van der Waals surface area contributed by atoms with Crippen molar-refractivity contribution in [1.82, 2.24) is 4.90 Å². The van der Waals surface area contributed by atoms with Crippen LogP contribution in [-0.2, 0) is 0 Å². The van der Waals surface area contributed by atoms with Crippen LogP contribution < -0.4 is 5.73 Å². The predicted octanol–water partition coefficient (Wildman–Crippen LogP) is 1.79. The maximum atomic E-state index is 6.96. The quantitative estimate of drug-likeness (QED) is 0.441. The average Bonchev–Trinajstić information content (AvgIpc) is 1.85. The van der Waals surface area contributed by atoms with Crippen molar-refractivity contribution in [2.24, 2.45) is 5.73 Å². The Morgan fingerprint density at radius 1 is 1.42 bits per heavy atom. The summed E-state index contributed by atoms with van der Waals surface area (Å²) in [5, 5.41) is 7.93. The van der Waals surface area contributed by atoms with Gasteiger partial charge in [0, 0.05) is 24.8 Å². The van der Waals surface area contributed by atoms with Crippen molar-refractivity contribution in [3.05, 3.63) is 0 Å². The van der Waals surface area contributed by atoms with Crippen LogP contribution in [0.25, 0.3) is 0 Å². The van der Waals surface area contributed by atoms with Crippen LogP contribution in [0, 0.1) is 5.41 Å². The molecule has 3 nitrogen and oxygen atoms in total. The van der Waals surface area contributed by atoms with Gasteiger partial charge in [0.15, 0.2) is 0 Å². The second-order valence-corrected chi connectivity index (χ2v) is 3.06. The van der Waals surface area contributed by atoms with Crippen LogP contribution in [0.1, 0.15) is 6.42 Å². The van der Waals surface area contributed by atoms with E-state index in [4.69, 9.17) is 11.1 Å². The first-order chi connectivity index (χ1) is 4.66. The molecule has 0 aliphatic heterocycles. The smallest absolute Gasteiger partial charge is 0.0918 e. The van der Waals surface area contributed by atoms with E-state index in [0.717, 1.165) is 18.4 Å². The van der Waals surface area contributed by atoms with Gasteiger partial charge in [0.25, 0.3) is 0 Å². The Balaban J connectivity index is -0.000000405. The minimum atomic E-state index is 0. The molecule has 0 rings (SSSR count). The zero-order valence-corrected chi connectivity index (χ0v) is 12.1. The monoisotopic (exact) mass is 367 g/mol. The highest BCUT2D eigenvalue weighted by Crippen LogP contribution is 1.88. The lowest BCUT2D eigenvalue weighted by atomic mass is 10.4. The lowest BCUT2D eigenvalue weighted by Gasteiger charge is -2.13. The first kappa shape index (κ1) is 18.6. The number of rotatable bonds is 5. The average molecular weight is 370 g/mol. The fourth-order valence-corrected chi connectivity index (χ4v) is 1.17. The topological polar surface area (TPSA) is 53.1 Å². The van der Waals surface area contributed by atoms with E-state index < -0.39 is 0 Å². The number of nitrogens with zero attached hydrogens (tertiary/aromatic N) is 1. The molecule has 0 aliphatic carbocycles. The molecule has 0 heterocycles. The Hall–Kier alpha value is 0.870. The van der Waals surface area contributed by atoms with Gasteiger partial charge in [-0.3, -0.25) is 5.41 Å². The molecule has 0 radical (unpaired) electrons. The largest absolute Gasteiger partial charge is 0.388 e. The number of amidine groups is 1. The molecule has 3 N–H and O–H groups in total. The van der Waals surface area contributed by atoms with Crippen LogP contribution in [-0.4, -0.2) is 36.2 Å². The summed E-state index contributed by atoms with van der Waals surface area (Å²) in [5.74, 6) is 0.265. The van der Waals surface area contributed by atoms with Gasteiger partial charge in [-0.2, -0.15) is 0 Å². The lowest BCUT2D eigenvalue weighted by Crippen LogP contribution is -2.25. The van der Waals surface area contributed by atoms with Gasteiger partial charge < -0.3 is 10.6 Å². The van der Waals surface area contributed by atoms with Crippen molar-refractivity contribution < 1.29 is 0 Å². The molecule has 0 unspecified atom stereocenters. The summed E-state index contributed by atoms with van der Waals surface area (Å²) in [4.78, 5) is 2.14. The molecule has 0 aromatic heterocycles. The van der Waals surface area contributed by atoms with E-state index in [1.165, 1.54) is 0 Å². The number of alkyl halides is 1. The molecule has 0 aromatic rings. The molecule has 12 heavy (non-hydrogen) atoms. The highest BCUT2D eigenvalue weighted by molar-refractivity contribution is 9.09. The van der Waals surface area contributed by atoms with Gasteiger partial charge >= 0.3 is 0 Å². The number of hydrogen-bond acceptors (Lipinski definition) is 2. The van der Waals surface area contributed by atoms with Crippen LogP contribution in [0.15, 0.2) is 0 Å². The molecule has 0 spiro atoms. The van der Waals surface area contributed by atoms with Crippen molar-refractivity contribution in [2.75, 3.05) is 25.5 Å². The van der Waals surface area contributed by atoms with E-state index in [1.54, 1.807) is 0 Å². The molecule has 0 bridgehead atoms. The van der Waals surface area contributed by atoms with E-state index in [1.807, 2.05) is 7.05 Å². The summed E-state index contributed by atoms with van der Waals surface area (Å²) in [6, 6.07) is 0. The van der Waals surface area contributed by atoms with Gasteiger partial charge in [0.1, 0.15) is 0 Å². The molecular weight excluding hydrogens is 354 g/mol. The molecule has 0 atom stereocenters. The Morgan fingerprint density at radius 3 is 2.25 bits per heavy atom. The summed E-state index contributed by atoms with van der Waals surface area (Å²) in [7, 11) is 2.02. The first-order valence-electron chi connectivity index (χ1n) is 3.24.